The van der Waals surface area contributed by atoms with E-state index in [1.165, 1.54) is 15.8 Å². The average Bonchev–Trinajstić information content (AvgIpc) is 3.34. The first-order chi connectivity index (χ1) is 23.5. The van der Waals surface area contributed by atoms with E-state index in [0.29, 0.717) is 17.2 Å². The van der Waals surface area contributed by atoms with E-state index in [1.807, 2.05) is 6.07 Å². The molecule has 49 heavy (non-hydrogen) atoms. The second-order valence-corrected chi connectivity index (χ2v) is 13.9. The van der Waals surface area contributed by atoms with Gasteiger partial charge in [0.2, 0.25) is 11.8 Å². The van der Waals surface area contributed by atoms with Crippen LogP contribution in [0.5, 0.6) is 0 Å². The first-order valence-corrected chi connectivity index (χ1v) is 17.0. The van der Waals surface area contributed by atoms with E-state index in [4.69, 9.17) is 11.6 Å². The minimum atomic E-state index is -0.973. The molecule has 5 heterocycles. The van der Waals surface area contributed by atoms with Crippen LogP contribution < -0.4 is 21.1 Å². The van der Waals surface area contributed by atoms with Crippen LogP contribution >= 0.6 is 11.6 Å². The van der Waals surface area contributed by atoms with Crippen molar-refractivity contribution in [2.45, 2.75) is 43.8 Å². The number of fused-ring (bicyclic) bond motifs is 1. The van der Waals surface area contributed by atoms with Gasteiger partial charge in [0.15, 0.2) is 0 Å². The highest BCUT2D eigenvalue weighted by atomic mass is 35.5. The van der Waals surface area contributed by atoms with Crippen LogP contribution in [0.15, 0.2) is 53.5 Å². The van der Waals surface area contributed by atoms with Crippen LogP contribution in [0.2, 0.25) is 5.02 Å². The molecule has 4 aliphatic rings. The minimum Gasteiger partial charge on any atom is -0.378 e. The molecule has 0 saturated carbocycles. The second-order valence-electron chi connectivity index (χ2n) is 13.5. The first-order valence-electron chi connectivity index (χ1n) is 16.6. The molecule has 13 nitrogen and oxygen atoms in total. The van der Waals surface area contributed by atoms with Gasteiger partial charge in [0.1, 0.15) is 11.1 Å². The molecule has 0 bridgehead atoms. The first kappa shape index (κ1) is 32.9. The quantitative estimate of drug-likeness (QED) is 0.355. The number of carbonyl (C=O) groups excluding carboxylic acids is 4. The maximum absolute atomic E-state index is 13.3. The van der Waals surface area contributed by atoms with E-state index in [2.05, 4.69) is 61.7 Å². The summed E-state index contributed by atoms with van der Waals surface area (Å²) in [5, 5.41) is 9.95. The van der Waals surface area contributed by atoms with Crippen molar-refractivity contribution >= 4 is 46.6 Å². The molecular weight excluding hydrogens is 648 g/mol. The molecule has 2 aromatic carbocycles. The van der Waals surface area contributed by atoms with Crippen molar-refractivity contribution in [2.24, 2.45) is 7.05 Å². The standard InChI is InChI=1S/C35H39ClN8O5/c1-40-19-23(15-24(20-40)38-28-17-37-41(2)35(49)31(28)36)22-5-3-21(4-6-22)18-42-11-13-43(14-12-42)25-7-8-26-27(16-25)34(48)44(33(26)47)29-9-10-30(45)39-32(29)46/h3-8,16-17,23-24,29,38H,9-15,18-20H2,1-2H3,(H,39,45,46)/t23-,24+,29?/m1/s1. The minimum absolute atomic E-state index is 0.0915. The third-order valence-electron chi connectivity index (χ3n) is 10.1. The monoisotopic (exact) mass is 686 g/mol. The fourth-order valence-electron chi connectivity index (χ4n) is 7.47. The molecule has 0 spiro atoms. The lowest BCUT2D eigenvalue weighted by molar-refractivity contribution is -0.136. The van der Waals surface area contributed by atoms with E-state index in [9.17, 15) is 24.0 Å². The molecule has 14 heteroatoms. The fraction of sp³-hybridized carbons (Fsp3) is 0.429. The highest BCUT2D eigenvalue weighted by Crippen LogP contribution is 2.32. The molecule has 0 aliphatic carbocycles. The van der Waals surface area contributed by atoms with Crippen molar-refractivity contribution in [1.29, 1.82) is 0 Å². The number of halogens is 1. The Morgan fingerprint density at radius 3 is 2.39 bits per heavy atom. The lowest BCUT2D eigenvalue weighted by Gasteiger charge is -2.37. The van der Waals surface area contributed by atoms with Crippen LogP contribution in [0.3, 0.4) is 0 Å². The number of nitrogens with one attached hydrogen (secondary N) is 2. The maximum atomic E-state index is 13.3. The van der Waals surface area contributed by atoms with Crippen molar-refractivity contribution in [2.75, 3.05) is 56.5 Å². The number of aromatic nitrogens is 2. The highest BCUT2D eigenvalue weighted by Gasteiger charge is 2.44. The molecular formula is C35H39ClN8O5. The normalized spacial score (nSPS) is 23.5. The van der Waals surface area contributed by atoms with Gasteiger partial charge in [-0.05, 0) is 55.1 Å². The summed E-state index contributed by atoms with van der Waals surface area (Å²) in [5.41, 5.74) is 4.22. The molecule has 4 amide bonds. The van der Waals surface area contributed by atoms with Gasteiger partial charge < -0.3 is 15.1 Å². The van der Waals surface area contributed by atoms with Crippen molar-refractivity contribution in [1.82, 2.24) is 29.8 Å². The molecule has 256 valence electrons. The van der Waals surface area contributed by atoms with Gasteiger partial charge in [0.05, 0.1) is 23.0 Å². The Kier molecular flexibility index (Phi) is 8.99. The van der Waals surface area contributed by atoms with Crippen LogP contribution in [-0.4, -0.2) is 107 Å². The zero-order valence-electron chi connectivity index (χ0n) is 27.5. The Morgan fingerprint density at radius 2 is 1.65 bits per heavy atom. The van der Waals surface area contributed by atoms with Gasteiger partial charge in [-0.3, -0.25) is 39.1 Å². The zero-order valence-corrected chi connectivity index (χ0v) is 28.3. The fourth-order valence-corrected chi connectivity index (χ4v) is 7.70. The molecule has 2 N–H and O–H groups in total. The number of piperazine rings is 1. The van der Waals surface area contributed by atoms with Crippen molar-refractivity contribution in [3.63, 3.8) is 0 Å². The number of aryl methyl sites for hydroxylation is 1. The van der Waals surface area contributed by atoms with E-state index in [1.54, 1.807) is 25.4 Å². The summed E-state index contributed by atoms with van der Waals surface area (Å²) in [6, 6.07) is 13.3. The van der Waals surface area contributed by atoms with Crippen LogP contribution in [0.25, 0.3) is 0 Å². The SMILES string of the molecule is CN1C[C@@H](Nc2cnn(C)c(=O)c2Cl)C[C@@H](c2ccc(CN3CCN(c4ccc5c(c4)C(=O)N(C4CCC(=O)NC4=O)C5=O)CC3)cc2)C1. The number of amides is 4. The zero-order chi connectivity index (χ0) is 34.4. The van der Waals surface area contributed by atoms with E-state index >= 15 is 0 Å². The number of likely N-dealkylation sites (N-methyl/N-ethyl adjacent to an activating group) is 1. The Balaban J connectivity index is 0.936. The van der Waals surface area contributed by atoms with Gasteiger partial charge in [-0.15, -0.1) is 0 Å². The van der Waals surface area contributed by atoms with Crippen LogP contribution in [0, 0.1) is 0 Å². The topological polar surface area (TPSA) is 140 Å². The number of nitrogens with zero attached hydrogens (tertiary/aromatic N) is 6. The second kappa shape index (κ2) is 13.4. The summed E-state index contributed by atoms with van der Waals surface area (Å²) < 4.78 is 1.23. The van der Waals surface area contributed by atoms with E-state index < -0.39 is 29.7 Å². The predicted molar refractivity (Wildman–Crippen MR) is 184 cm³/mol. The molecule has 1 aromatic heterocycles. The van der Waals surface area contributed by atoms with Crippen LogP contribution in [0.1, 0.15) is 57.0 Å². The number of likely N-dealkylation sites (tertiary alicyclic amines) is 1. The highest BCUT2D eigenvalue weighted by molar-refractivity contribution is 6.33. The van der Waals surface area contributed by atoms with E-state index in [0.717, 1.165) is 62.8 Å². The molecule has 3 atom stereocenters. The van der Waals surface area contributed by atoms with Crippen LogP contribution in [0.4, 0.5) is 11.4 Å². The Bertz CT molecular complexity index is 1870. The Labute approximate surface area is 288 Å². The Hall–Kier alpha value is -4.59. The van der Waals surface area contributed by atoms with Crippen molar-refractivity contribution in [3.8, 4) is 0 Å². The number of anilines is 2. The summed E-state index contributed by atoms with van der Waals surface area (Å²) >= 11 is 6.31. The van der Waals surface area contributed by atoms with Gasteiger partial charge in [-0.2, -0.15) is 5.10 Å². The van der Waals surface area contributed by atoms with Gasteiger partial charge in [-0.25, -0.2) is 4.68 Å². The van der Waals surface area contributed by atoms with E-state index in [-0.39, 0.29) is 35.0 Å². The summed E-state index contributed by atoms with van der Waals surface area (Å²) in [6.45, 7) is 5.84. The summed E-state index contributed by atoms with van der Waals surface area (Å²) in [6.07, 6.45) is 2.74. The molecule has 3 saturated heterocycles. The number of rotatable bonds is 7. The van der Waals surface area contributed by atoms with Gasteiger partial charge in [0, 0.05) is 71.0 Å². The summed E-state index contributed by atoms with van der Waals surface area (Å²) in [7, 11) is 3.69. The molecule has 0 radical (unpaired) electrons. The van der Waals surface area contributed by atoms with Gasteiger partial charge in [0.25, 0.3) is 17.4 Å². The number of benzene rings is 2. The van der Waals surface area contributed by atoms with Gasteiger partial charge in [-0.1, -0.05) is 35.9 Å². The lowest BCUT2D eigenvalue weighted by Crippen LogP contribution is -2.54. The van der Waals surface area contributed by atoms with Crippen LogP contribution in [-0.2, 0) is 23.2 Å². The predicted octanol–water partition coefficient (Wildman–Crippen LogP) is 2.06. The number of imide groups is 2. The summed E-state index contributed by atoms with van der Waals surface area (Å²) in [4.78, 5) is 70.5. The number of carbonyl (C=O) groups is 4. The molecule has 7 rings (SSSR count). The number of hydrogen-bond donors (Lipinski definition) is 2. The number of hydrogen-bond acceptors (Lipinski definition) is 10. The summed E-state index contributed by atoms with van der Waals surface area (Å²) in [5.74, 6) is -1.66. The third kappa shape index (κ3) is 6.57. The smallest absolute Gasteiger partial charge is 0.287 e. The Morgan fingerprint density at radius 1 is 0.918 bits per heavy atom. The lowest BCUT2D eigenvalue weighted by atomic mass is 9.87. The third-order valence-corrected chi connectivity index (χ3v) is 10.5. The average molecular weight is 687 g/mol. The molecule has 3 aromatic rings. The molecule has 3 fully saturated rings. The molecule has 4 aliphatic heterocycles. The number of piperidine rings is 2. The maximum Gasteiger partial charge on any atom is 0.287 e. The van der Waals surface area contributed by atoms with Gasteiger partial charge >= 0.3 is 0 Å². The van der Waals surface area contributed by atoms with Crippen molar-refractivity contribution < 1.29 is 19.2 Å². The van der Waals surface area contributed by atoms with Crippen molar-refractivity contribution in [3.05, 3.63) is 86.3 Å². The molecule has 1 unspecified atom stereocenters. The largest absolute Gasteiger partial charge is 0.378 e.